The lowest BCUT2D eigenvalue weighted by Crippen LogP contribution is -2.38. The van der Waals surface area contributed by atoms with E-state index in [4.69, 9.17) is 11.6 Å². The summed E-state index contributed by atoms with van der Waals surface area (Å²) in [6.45, 7) is 4.86. The van der Waals surface area contributed by atoms with E-state index in [1.54, 1.807) is 0 Å². The Balaban J connectivity index is 1.76. The van der Waals surface area contributed by atoms with E-state index < -0.39 is 0 Å². The van der Waals surface area contributed by atoms with Gasteiger partial charge in [0, 0.05) is 24.7 Å². The number of hydrogen-bond acceptors (Lipinski definition) is 3. The summed E-state index contributed by atoms with van der Waals surface area (Å²) >= 11 is 6.05. The van der Waals surface area contributed by atoms with Gasteiger partial charge in [0.05, 0.1) is 6.54 Å². The summed E-state index contributed by atoms with van der Waals surface area (Å²) in [6, 6.07) is 7.58. The van der Waals surface area contributed by atoms with Crippen molar-refractivity contribution in [2.45, 2.75) is 13.0 Å². The molecule has 4 nitrogen and oxygen atoms in total. The lowest BCUT2D eigenvalue weighted by molar-refractivity contribution is -0.122. The molecule has 0 bridgehead atoms. The van der Waals surface area contributed by atoms with Crippen molar-refractivity contribution in [3.05, 3.63) is 34.9 Å². The predicted molar refractivity (Wildman–Crippen MR) is 77.2 cm³/mol. The Morgan fingerprint density at radius 1 is 1.32 bits per heavy atom. The number of nitrogens with zero attached hydrogens (tertiary/aromatic N) is 1. The molecule has 1 aromatic rings. The van der Waals surface area contributed by atoms with Crippen LogP contribution in [-0.4, -0.2) is 43.5 Å². The molecule has 0 atom stereocenters. The Morgan fingerprint density at radius 3 is 3.00 bits per heavy atom. The van der Waals surface area contributed by atoms with E-state index in [0.29, 0.717) is 18.1 Å². The minimum absolute atomic E-state index is 0.0572. The molecule has 0 aliphatic carbocycles. The highest BCUT2D eigenvalue weighted by atomic mass is 35.5. The maximum Gasteiger partial charge on any atom is 0.234 e. The number of amides is 1. The van der Waals surface area contributed by atoms with Crippen LogP contribution in [-0.2, 0) is 11.3 Å². The molecule has 0 unspecified atom stereocenters. The first-order valence-corrected chi connectivity index (χ1v) is 7.06. The first kappa shape index (κ1) is 14.3. The second-order valence-electron chi connectivity index (χ2n) is 4.75. The standard InChI is InChI=1S/C14H20ClN3O/c15-13-5-2-1-4-12(13)10-17-14(19)11-18-8-3-6-16-7-9-18/h1-2,4-5,16H,3,6-11H2,(H,17,19). The summed E-state index contributed by atoms with van der Waals surface area (Å²) in [5.74, 6) is 0.0572. The molecule has 2 rings (SSSR count). The Labute approximate surface area is 119 Å². The van der Waals surface area contributed by atoms with E-state index in [1.807, 2.05) is 24.3 Å². The van der Waals surface area contributed by atoms with Crippen LogP contribution in [0.2, 0.25) is 5.02 Å². The Bertz CT molecular complexity index is 417. The van der Waals surface area contributed by atoms with Crippen LogP contribution in [0.15, 0.2) is 24.3 Å². The van der Waals surface area contributed by atoms with E-state index in [0.717, 1.165) is 38.2 Å². The maximum absolute atomic E-state index is 11.9. The molecule has 19 heavy (non-hydrogen) atoms. The van der Waals surface area contributed by atoms with Crippen LogP contribution in [0.5, 0.6) is 0 Å². The Morgan fingerprint density at radius 2 is 2.16 bits per heavy atom. The minimum Gasteiger partial charge on any atom is -0.351 e. The number of benzene rings is 1. The van der Waals surface area contributed by atoms with Crippen LogP contribution < -0.4 is 10.6 Å². The number of nitrogens with one attached hydrogen (secondary N) is 2. The smallest absolute Gasteiger partial charge is 0.234 e. The van der Waals surface area contributed by atoms with Crippen LogP contribution >= 0.6 is 11.6 Å². The van der Waals surface area contributed by atoms with Crippen molar-refractivity contribution in [2.24, 2.45) is 0 Å². The van der Waals surface area contributed by atoms with Gasteiger partial charge in [-0.3, -0.25) is 9.69 Å². The van der Waals surface area contributed by atoms with Gasteiger partial charge in [0.1, 0.15) is 0 Å². The van der Waals surface area contributed by atoms with E-state index >= 15 is 0 Å². The molecule has 1 saturated heterocycles. The molecule has 1 heterocycles. The highest BCUT2D eigenvalue weighted by Crippen LogP contribution is 2.14. The second-order valence-corrected chi connectivity index (χ2v) is 5.16. The summed E-state index contributed by atoms with van der Waals surface area (Å²) in [5.41, 5.74) is 0.954. The fourth-order valence-corrected chi connectivity index (χ4v) is 2.36. The summed E-state index contributed by atoms with van der Waals surface area (Å²) in [4.78, 5) is 14.1. The van der Waals surface area contributed by atoms with Gasteiger partial charge in [-0.1, -0.05) is 29.8 Å². The lowest BCUT2D eigenvalue weighted by Gasteiger charge is -2.18. The van der Waals surface area contributed by atoms with E-state index in [-0.39, 0.29) is 5.91 Å². The van der Waals surface area contributed by atoms with Crippen molar-refractivity contribution in [2.75, 3.05) is 32.7 Å². The van der Waals surface area contributed by atoms with Crippen molar-refractivity contribution in [1.29, 1.82) is 0 Å². The van der Waals surface area contributed by atoms with Crippen LogP contribution in [0.3, 0.4) is 0 Å². The number of halogens is 1. The average molecular weight is 282 g/mol. The average Bonchev–Trinajstić information content (AvgIpc) is 2.66. The molecule has 104 valence electrons. The zero-order chi connectivity index (χ0) is 13.5. The molecule has 0 radical (unpaired) electrons. The Hall–Kier alpha value is -1.10. The van der Waals surface area contributed by atoms with Gasteiger partial charge >= 0.3 is 0 Å². The van der Waals surface area contributed by atoms with Crippen molar-refractivity contribution >= 4 is 17.5 Å². The Kier molecular flexibility index (Phi) is 5.63. The molecule has 1 aromatic carbocycles. The molecule has 0 spiro atoms. The van der Waals surface area contributed by atoms with Crippen molar-refractivity contribution in [3.63, 3.8) is 0 Å². The van der Waals surface area contributed by atoms with Gasteiger partial charge in [-0.15, -0.1) is 0 Å². The zero-order valence-corrected chi connectivity index (χ0v) is 11.7. The molecule has 0 aromatic heterocycles. The summed E-state index contributed by atoms with van der Waals surface area (Å²) in [6.07, 6.45) is 1.10. The molecule has 2 N–H and O–H groups in total. The van der Waals surface area contributed by atoms with Crippen LogP contribution in [0.1, 0.15) is 12.0 Å². The molecule has 5 heteroatoms. The van der Waals surface area contributed by atoms with Crippen molar-refractivity contribution in [3.8, 4) is 0 Å². The fraction of sp³-hybridized carbons (Fsp3) is 0.500. The third-order valence-corrected chi connectivity index (χ3v) is 3.60. The third-order valence-electron chi connectivity index (χ3n) is 3.23. The number of hydrogen-bond donors (Lipinski definition) is 2. The second kappa shape index (κ2) is 7.48. The molecule has 1 aliphatic rings. The van der Waals surface area contributed by atoms with Crippen LogP contribution in [0, 0.1) is 0 Å². The highest BCUT2D eigenvalue weighted by molar-refractivity contribution is 6.31. The molecule has 1 aliphatic heterocycles. The summed E-state index contributed by atoms with van der Waals surface area (Å²) in [5, 5.41) is 6.94. The van der Waals surface area contributed by atoms with Gasteiger partial charge in [-0.05, 0) is 31.1 Å². The highest BCUT2D eigenvalue weighted by Gasteiger charge is 2.12. The summed E-state index contributed by atoms with van der Waals surface area (Å²) < 4.78 is 0. The lowest BCUT2D eigenvalue weighted by atomic mass is 10.2. The monoisotopic (exact) mass is 281 g/mol. The third kappa shape index (κ3) is 4.82. The summed E-state index contributed by atoms with van der Waals surface area (Å²) in [7, 11) is 0. The number of carbonyl (C=O) groups excluding carboxylic acids is 1. The van der Waals surface area contributed by atoms with Crippen LogP contribution in [0.4, 0.5) is 0 Å². The van der Waals surface area contributed by atoms with Gasteiger partial charge in [-0.2, -0.15) is 0 Å². The molecule has 1 amide bonds. The largest absolute Gasteiger partial charge is 0.351 e. The van der Waals surface area contributed by atoms with Crippen molar-refractivity contribution < 1.29 is 4.79 Å². The SMILES string of the molecule is O=C(CN1CCCNCC1)NCc1ccccc1Cl. The van der Waals surface area contributed by atoms with Gasteiger partial charge in [0.2, 0.25) is 5.91 Å². The van der Waals surface area contributed by atoms with Gasteiger partial charge in [0.15, 0.2) is 0 Å². The fourth-order valence-electron chi connectivity index (χ4n) is 2.15. The molecular formula is C14H20ClN3O. The van der Waals surface area contributed by atoms with E-state index in [2.05, 4.69) is 15.5 Å². The molecule has 1 fully saturated rings. The minimum atomic E-state index is 0.0572. The maximum atomic E-state index is 11.9. The first-order valence-electron chi connectivity index (χ1n) is 6.69. The predicted octanol–water partition coefficient (Wildman–Crippen LogP) is 1.25. The van der Waals surface area contributed by atoms with Gasteiger partial charge < -0.3 is 10.6 Å². The first-order chi connectivity index (χ1) is 9.25. The van der Waals surface area contributed by atoms with Gasteiger partial charge in [0.25, 0.3) is 0 Å². The zero-order valence-electron chi connectivity index (χ0n) is 11.0. The topological polar surface area (TPSA) is 44.4 Å². The quantitative estimate of drug-likeness (QED) is 0.873. The number of rotatable bonds is 4. The normalized spacial score (nSPS) is 16.9. The van der Waals surface area contributed by atoms with Gasteiger partial charge in [-0.25, -0.2) is 0 Å². The van der Waals surface area contributed by atoms with Crippen molar-refractivity contribution in [1.82, 2.24) is 15.5 Å². The molecule has 0 saturated carbocycles. The van der Waals surface area contributed by atoms with E-state index in [1.165, 1.54) is 0 Å². The van der Waals surface area contributed by atoms with Crippen LogP contribution in [0.25, 0.3) is 0 Å². The van der Waals surface area contributed by atoms with E-state index in [9.17, 15) is 4.79 Å². The molecular weight excluding hydrogens is 262 g/mol. The number of carbonyl (C=O) groups is 1.